The quantitative estimate of drug-likeness (QED) is 0.802. The molecule has 2 heterocycles. The van der Waals surface area contributed by atoms with E-state index in [0.717, 1.165) is 12.6 Å². The molecule has 92 valence electrons. The molecule has 1 atom stereocenters. The molecule has 1 unspecified atom stereocenters. The molecule has 1 N–H and O–H groups in total. The Morgan fingerprint density at radius 3 is 3.12 bits per heavy atom. The van der Waals surface area contributed by atoms with Crippen molar-refractivity contribution in [3.8, 4) is 0 Å². The van der Waals surface area contributed by atoms with E-state index in [1.165, 1.54) is 11.0 Å². The Kier molecular flexibility index (Phi) is 3.73. The van der Waals surface area contributed by atoms with Crippen LogP contribution in [0.1, 0.15) is 23.2 Å². The Morgan fingerprint density at radius 2 is 2.41 bits per heavy atom. The van der Waals surface area contributed by atoms with Crippen molar-refractivity contribution >= 4 is 21.8 Å². The number of pyridine rings is 1. The Morgan fingerprint density at radius 1 is 1.65 bits per heavy atom. The second-order valence-corrected chi connectivity index (χ2v) is 4.85. The number of nitrogens with zero attached hydrogens (tertiary/aromatic N) is 2. The van der Waals surface area contributed by atoms with Crippen molar-refractivity contribution < 1.29 is 14.3 Å². The van der Waals surface area contributed by atoms with Crippen molar-refractivity contribution in [3.05, 3.63) is 28.2 Å². The maximum absolute atomic E-state index is 13.5. The fourth-order valence-electron chi connectivity index (χ4n) is 1.89. The van der Waals surface area contributed by atoms with Crippen molar-refractivity contribution in [2.75, 3.05) is 13.1 Å². The molecule has 0 aromatic carbocycles. The van der Waals surface area contributed by atoms with Crippen LogP contribution in [0.5, 0.6) is 0 Å². The van der Waals surface area contributed by atoms with E-state index in [2.05, 4.69) is 20.9 Å². The number of likely N-dealkylation sites (tertiary alicyclic amines) is 1. The predicted octanol–water partition coefficient (Wildman–Crippen LogP) is 1.58. The van der Waals surface area contributed by atoms with E-state index < -0.39 is 17.8 Å². The first-order valence-electron chi connectivity index (χ1n) is 5.36. The van der Waals surface area contributed by atoms with Gasteiger partial charge in [0, 0.05) is 13.1 Å². The summed E-state index contributed by atoms with van der Waals surface area (Å²) in [6.45, 7) is 0.813. The smallest absolute Gasteiger partial charge is 0.257 e. The predicted molar refractivity (Wildman–Crippen MR) is 63.0 cm³/mol. The van der Waals surface area contributed by atoms with Crippen LogP contribution in [0.25, 0.3) is 0 Å². The molecule has 1 amide bonds. The molecule has 1 aromatic heterocycles. The Balaban J connectivity index is 2.21. The number of β-amino-alcohol motifs (C(OH)–C–C–N with tert-alkyl or cyclic N) is 1. The number of hydrogen-bond donors (Lipinski definition) is 1. The Bertz CT molecular complexity index is 441. The molecule has 4 nitrogen and oxygen atoms in total. The third-order valence-electron chi connectivity index (χ3n) is 2.74. The molecule has 0 saturated carbocycles. The van der Waals surface area contributed by atoms with Crippen molar-refractivity contribution in [1.29, 1.82) is 0 Å². The number of hydrogen-bond acceptors (Lipinski definition) is 3. The number of amides is 1. The molecular weight excluding hydrogens is 291 g/mol. The zero-order valence-corrected chi connectivity index (χ0v) is 10.7. The molecule has 17 heavy (non-hydrogen) atoms. The number of carbonyl (C=O) groups is 1. The normalized spacial score (nSPS) is 20.4. The minimum atomic E-state index is -0.640. The molecule has 2 rings (SSSR count). The fourth-order valence-corrected chi connectivity index (χ4v) is 2.22. The van der Waals surface area contributed by atoms with Gasteiger partial charge in [-0.1, -0.05) is 0 Å². The first kappa shape index (κ1) is 12.4. The van der Waals surface area contributed by atoms with Gasteiger partial charge in [-0.05, 0) is 34.8 Å². The van der Waals surface area contributed by atoms with Gasteiger partial charge in [0.15, 0.2) is 5.82 Å². The standard InChI is InChI=1S/C11H12BrFN2O2/c12-10-4-8(9(13)5-14-10)11(17)15-3-1-2-7(16)6-15/h4-5,7,16H,1-3,6H2. The molecule has 1 aromatic rings. The molecular formula is C11H12BrFN2O2. The molecule has 0 spiro atoms. The maximum Gasteiger partial charge on any atom is 0.257 e. The lowest BCUT2D eigenvalue weighted by molar-refractivity contribution is 0.0469. The summed E-state index contributed by atoms with van der Waals surface area (Å²) in [5, 5.41) is 9.49. The van der Waals surface area contributed by atoms with Crippen LogP contribution in [0.3, 0.4) is 0 Å². The molecule has 0 aliphatic carbocycles. The van der Waals surface area contributed by atoms with Crippen LogP contribution in [0.15, 0.2) is 16.9 Å². The third-order valence-corrected chi connectivity index (χ3v) is 3.17. The number of aliphatic hydroxyl groups is 1. The highest BCUT2D eigenvalue weighted by atomic mass is 79.9. The van der Waals surface area contributed by atoms with Crippen molar-refractivity contribution in [2.45, 2.75) is 18.9 Å². The Hall–Kier alpha value is -1.01. The van der Waals surface area contributed by atoms with Crippen molar-refractivity contribution in [3.63, 3.8) is 0 Å². The van der Waals surface area contributed by atoms with Gasteiger partial charge in [-0.25, -0.2) is 9.37 Å². The second-order valence-electron chi connectivity index (χ2n) is 4.03. The van der Waals surface area contributed by atoms with E-state index >= 15 is 0 Å². The van der Waals surface area contributed by atoms with Crippen LogP contribution in [-0.2, 0) is 0 Å². The summed E-state index contributed by atoms with van der Waals surface area (Å²) < 4.78 is 13.9. The highest BCUT2D eigenvalue weighted by Gasteiger charge is 2.25. The lowest BCUT2D eigenvalue weighted by Crippen LogP contribution is -2.42. The molecule has 1 aliphatic rings. The van der Waals surface area contributed by atoms with Gasteiger partial charge in [0.2, 0.25) is 0 Å². The summed E-state index contributed by atoms with van der Waals surface area (Å²) in [4.78, 5) is 17.2. The number of halogens is 2. The lowest BCUT2D eigenvalue weighted by atomic mass is 10.1. The second kappa shape index (κ2) is 5.10. The summed E-state index contributed by atoms with van der Waals surface area (Å²) in [5.41, 5.74) is -0.0130. The van der Waals surface area contributed by atoms with E-state index in [4.69, 9.17) is 0 Å². The molecule has 1 saturated heterocycles. The minimum Gasteiger partial charge on any atom is -0.391 e. The summed E-state index contributed by atoms with van der Waals surface area (Å²) in [7, 11) is 0. The first-order valence-corrected chi connectivity index (χ1v) is 6.15. The lowest BCUT2D eigenvalue weighted by Gasteiger charge is -2.30. The summed E-state index contributed by atoms with van der Waals surface area (Å²) >= 11 is 3.10. The van der Waals surface area contributed by atoms with E-state index in [0.29, 0.717) is 17.6 Å². The van der Waals surface area contributed by atoms with Gasteiger partial charge in [-0.3, -0.25) is 4.79 Å². The van der Waals surface area contributed by atoms with Crippen molar-refractivity contribution in [1.82, 2.24) is 9.88 Å². The van der Waals surface area contributed by atoms with E-state index in [9.17, 15) is 14.3 Å². The van der Waals surface area contributed by atoms with Gasteiger partial charge in [0.05, 0.1) is 17.9 Å². The average Bonchev–Trinajstić information content (AvgIpc) is 2.31. The van der Waals surface area contributed by atoms with E-state index in [1.54, 1.807) is 0 Å². The minimum absolute atomic E-state index is 0.0130. The number of aliphatic hydroxyl groups excluding tert-OH is 1. The van der Waals surface area contributed by atoms with Gasteiger partial charge in [0.25, 0.3) is 5.91 Å². The number of rotatable bonds is 1. The summed E-state index contributed by atoms with van der Waals surface area (Å²) in [6.07, 6.45) is 1.92. The van der Waals surface area contributed by atoms with E-state index in [1.807, 2.05) is 0 Å². The molecule has 1 aliphatic heterocycles. The third kappa shape index (κ3) is 2.81. The van der Waals surface area contributed by atoms with Gasteiger partial charge in [-0.15, -0.1) is 0 Å². The fraction of sp³-hybridized carbons (Fsp3) is 0.455. The maximum atomic E-state index is 13.5. The number of aromatic nitrogens is 1. The summed E-state index contributed by atoms with van der Waals surface area (Å²) in [6, 6.07) is 1.36. The van der Waals surface area contributed by atoms with Crippen LogP contribution in [0.4, 0.5) is 4.39 Å². The monoisotopic (exact) mass is 302 g/mol. The largest absolute Gasteiger partial charge is 0.391 e. The first-order chi connectivity index (χ1) is 8.08. The van der Waals surface area contributed by atoms with Gasteiger partial charge >= 0.3 is 0 Å². The van der Waals surface area contributed by atoms with Crippen molar-refractivity contribution in [2.24, 2.45) is 0 Å². The molecule has 6 heteroatoms. The van der Waals surface area contributed by atoms with Gasteiger partial charge < -0.3 is 10.0 Å². The zero-order valence-electron chi connectivity index (χ0n) is 9.07. The molecule has 0 bridgehead atoms. The van der Waals surface area contributed by atoms with Crippen LogP contribution < -0.4 is 0 Å². The average molecular weight is 303 g/mol. The Labute approximate surface area is 107 Å². The molecule has 0 radical (unpaired) electrons. The highest BCUT2D eigenvalue weighted by Crippen LogP contribution is 2.18. The van der Waals surface area contributed by atoms with Crippen LogP contribution in [-0.4, -0.2) is 40.1 Å². The van der Waals surface area contributed by atoms with Crippen LogP contribution in [0, 0.1) is 5.82 Å². The SMILES string of the molecule is O=C(c1cc(Br)ncc1F)N1CCCC(O)C1. The number of carbonyl (C=O) groups excluding carboxylic acids is 1. The van der Waals surface area contributed by atoms with E-state index in [-0.39, 0.29) is 12.1 Å². The van der Waals surface area contributed by atoms with Gasteiger partial charge in [-0.2, -0.15) is 0 Å². The highest BCUT2D eigenvalue weighted by molar-refractivity contribution is 9.10. The zero-order chi connectivity index (χ0) is 12.4. The number of piperidine rings is 1. The van der Waals surface area contributed by atoms with Crippen LogP contribution in [0.2, 0.25) is 0 Å². The molecule has 1 fully saturated rings. The van der Waals surface area contributed by atoms with Gasteiger partial charge in [0.1, 0.15) is 4.60 Å². The van der Waals surface area contributed by atoms with Crippen LogP contribution >= 0.6 is 15.9 Å². The summed E-state index contributed by atoms with van der Waals surface area (Å²) in [5.74, 6) is -1.04. The topological polar surface area (TPSA) is 53.4 Å².